The topological polar surface area (TPSA) is 32.6 Å². The van der Waals surface area contributed by atoms with Crippen molar-refractivity contribution in [1.82, 2.24) is 0 Å². The number of hydrogen-bond acceptors (Lipinski definition) is 2. The minimum absolute atomic E-state index is 0.280. The number of hydrogen-bond donors (Lipinski definition) is 1. The Kier molecular flexibility index (Phi) is 2.45. The van der Waals surface area contributed by atoms with E-state index in [4.69, 9.17) is 5.11 Å². The van der Waals surface area contributed by atoms with Gasteiger partial charge in [0, 0.05) is 6.21 Å². The van der Waals surface area contributed by atoms with E-state index >= 15 is 0 Å². The summed E-state index contributed by atoms with van der Waals surface area (Å²) in [4.78, 5) is 4.29. The zero-order chi connectivity index (χ0) is 9.80. The number of phenols is 1. The normalized spacial score (nSPS) is 15.0. The van der Waals surface area contributed by atoms with Gasteiger partial charge in [0.2, 0.25) is 0 Å². The van der Waals surface area contributed by atoms with Gasteiger partial charge < -0.3 is 5.11 Å². The van der Waals surface area contributed by atoms with Crippen LogP contribution < -0.4 is 0 Å². The second kappa shape index (κ2) is 3.92. The van der Waals surface area contributed by atoms with Crippen LogP contribution in [-0.4, -0.2) is 11.3 Å². The number of aliphatic imine (C=N–C) groups is 1. The maximum absolute atomic E-state index is 9.07. The molecule has 0 aliphatic heterocycles. The van der Waals surface area contributed by atoms with Gasteiger partial charge in [-0.1, -0.05) is 12.2 Å². The third-order valence-corrected chi connectivity index (χ3v) is 2.01. The standard InChI is InChI=1S/C12H11NO/c14-12-7-5-10(6-8-12)9-13-11-3-1-2-4-11/h1,3-9,14H,2H2. The van der Waals surface area contributed by atoms with Gasteiger partial charge >= 0.3 is 0 Å². The van der Waals surface area contributed by atoms with Crippen LogP contribution in [0.3, 0.4) is 0 Å². The SMILES string of the molecule is Oc1ccc(C=NC2=CCC=C2)cc1. The monoisotopic (exact) mass is 185 g/mol. The van der Waals surface area contributed by atoms with E-state index < -0.39 is 0 Å². The first-order valence-electron chi connectivity index (χ1n) is 4.54. The van der Waals surface area contributed by atoms with Crippen LogP contribution in [0.4, 0.5) is 0 Å². The summed E-state index contributed by atoms with van der Waals surface area (Å²) < 4.78 is 0. The lowest BCUT2D eigenvalue weighted by Gasteiger charge is -1.93. The van der Waals surface area contributed by atoms with Crippen LogP contribution >= 0.6 is 0 Å². The van der Waals surface area contributed by atoms with E-state index in [1.165, 1.54) is 0 Å². The molecule has 0 aromatic heterocycles. The van der Waals surface area contributed by atoms with Gasteiger partial charge in [0.15, 0.2) is 0 Å². The van der Waals surface area contributed by atoms with E-state index in [1.807, 2.05) is 18.2 Å². The molecule has 0 atom stereocenters. The molecule has 2 rings (SSSR count). The number of nitrogens with zero attached hydrogens (tertiary/aromatic N) is 1. The summed E-state index contributed by atoms with van der Waals surface area (Å²) in [5.41, 5.74) is 1.99. The number of aromatic hydroxyl groups is 1. The molecule has 1 aromatic rings. The molecule has 1 aliphatic rings. The first kappa shape index (κ1) is 8.75. The largest absolute Gasteiger partial charge is 0.508 e. The van der Waals surface area contributed by atoms with Gasteiger partial charge in [-0.2, -0.15) is 0 Å². The first-order chi connectivity index (χ1) is 6.84. The summed E-state index contributed by atoms with van der Waals surface area (Å²) in [6.45, 7) is 0. The Labute approximate surface area is 82.9 Å². The van der Waals surface area contributed by atoms with Crippen molar-refractivity contribution in [1.29, 1.82) is 0 Å². The van der Waals surface area contributed by atoms with E-state index in [2.05, 4.69) is 17.1 Å². The van der Waals surface area contributed by atoms with Crippen LogP contribution in [0, 0.1) is 0 Å². The molecule has 1 aliphatic carbocycles. The van der Waals surface area contributed by atoms with E-state index in [9.17, 15) is 0 Å². The summed E-state index contributed by atoms with van der Waals surface area (Å²) in [6, 6.07) is 6.97. The molecule has 1 aromatic carbocycles. The lowest BCUT2D eigenvalue weighted by molar-refractivity contribution is 0.475. The fraction of sp³-hybridized carbons (Fsp3) is 0.0833. The van der Waals surface area contributed by atoms with Gasteiger partial charge in [-0.15, -0.1) is 0 Å². The van der Waals surface area contributed by atoms with Crippen molar-refractivity contribution in [3.8, 4) is 5.75 Å². The van der Waals surface area contributed by atoms with Gasteiger partial charge in [0.05, 0.1) is 5.70 Å². The van der Waals surface area contributed by atoms with E-state index in [-0.39, 0.29) is 5.75 Å². The van der Waals surface area contributed by atoms with Crippen molar-refractivity contribution in [3.05, 3.63) is 53.8 Å². The van der Waals surface area contributed by atoms with E-state index in [0.717, 1.165) is 17.7 Å². The zero-order valence-electron chi connectivity index (χ0n) is 7.72. The number of allylic oxidation sites excluding steroid dienone is 3. The van der Waals surface area contributed by atoms with Crippen molar-refractivity contribution in [3.63, 3.8) is 0 Å². The molecule has 2 nitrogen and oxygen atoms in total. The molecular weight excluding hydrogens is 174 g/mol. The lowest BCUT2D eigenvalue weighted by Crippen LogP contribution is -1.79. The highest BCUT2D eigenvalue weighted by Crippen LogP contribution is 2.11. The Morgan fingerprint density at radius 1 is 1.21 bits per heavy atom. The first-order valence-corrected chi connectivity index (χ1v) is 4.54. The molecule has 0 fully saturated rings. The Bertz CT molecular complexity index is 399. The molecule has 0 saturated carbocycles. The van der Waals surface area contributed by atoms with Crippen LogP contribution in [0.1, 0.15) is 12.0 Å². The Morgan fingerprint density at radius 2 is 2.00 bits per heavy atom. The van der Waals surface area contributed by atoms with Crippen molar-refractivity contribution >= 4 is 6.21 Å². The van der Waals surface area contributed by atoms with Gasteiger partial charge in [-0.3, -0.25) is 4.99 Å². The maximum atomic E-state index is 9.07. The highest BCUT2D eigenvalue weighted by atomic mass is 16.3. The van der Waals surface area contributed by atoms with Gasteiger partial charge in [0.1, 0.15) is 5.75 Å². The van der Waals surface area contributed by atoms with E-state index in [1.54, 1.807) is 18.3 Å². The predicted molar refractivity (Wildman–Crippen MR) is 57.5 cm³/mol. The third kappa shape index (κ3) is 2.10. The smallest absolute Gasteiger partial charge is 0.115 e. The molecule has 0 bridgehead atoms. The fourth-order valence-corrected chi connectivity index (χ4v) is 1.25. The minimum Gasteiger partial charge on any atom is -0.508 e. The average molecular weight is 185 g/mol. The predicted octanol–water partition coefficient (Wildman–Crippen LogP) is 2.65. The molecule has 70 valence electrons. The molecule has 1 N–H and O–H groups in total. The number of benzene rings is 1. The number of rotatable bonds is 2. The van der Waals surface area contributed by atoms with Crippen LogP contribution in [0.15, 0.2) is 53.2 Å². The molecule has 14 heavy (non-hydrogen) atoms. The van der Waals surface area contributed by atoms with Crippen molar-refractivity contribution in [2.24, 2.45) is 4.99 Å². The van der Waals surface area contributed by atoms with Crippen molar-refractivity contribution < 1.29 is 5.11 Å². The molecule has 0 heterocycles. The van der Waals surface area contributed by atoms with Gasteiger partial charge in [-0.25, -0.2) is 0 Å². The fourth-order valence-electron chi connectivity index (χ4n) is 1.25. The van der Waals surface area contributed by atoms with Crippen LogP contribution in [0.5, 0.6) is 5.75 Å². The molecule has 0 spiro atoms. The lowest BCUT2D eigenvalue weighted by atomic mass is 10.2. The molecule has 2 heteroatoms. The molecule has 0 radical (unpaired) electrons. The van der Waals surface area contributed by atoms with E-state index in [0.29, 0.717) is 0 Å². The third-order valence-electron chi connectivity index (χ3n) is 2.01. The van der Waals surface area contributed by atoms with Crippen molar-refractivity contribution in [2.45, 2.75) is 6.42 Å². The van der Waals surface area contributed by atoms with Gasteiger partial charge in [0.25, 0.3) is 0 Å². The zero-order valence-corrected chi connectivity index (χ0v) is 7.72. The van der Waals surface area contributed by atoms with Crippen molar-refractivity contribution in [2.75, 3.05) is 0 Å². The Morgan fingerprint density at radius 3 is 2.64 bits per heavy atom. The summed E-state index contributed by atoms with van der Waals surface area (Å²) >= 11 is 0. The second-order valence-corrected chi connectivity index (χ2v) is 3.12. The summed E-state index contributed by atoms with van der Waals surface area (Å²) in [7, 11) is 0. The Hall–Kier alpha value is -1.83. The van der Waals surface area contributed by atoms with Crippen LogP contribution in [0.2, 0.25) is 0 Å². The van der Waals surface area contributed by atoms with Crippen LogP contribution in [0.25, 0.3) is 0 Å². The van der Waals surface area contributed by atoms with Crippen LogP contribution in [-0.2, 0) is 0 Å². The maximum Gasteiger partial charge on any atom is 0.115 e. The summed E-state index contributed by atoms with van der Waals surface area (Å²) in [5.74, 6) is 0.280. The molecule has 0 unspecified atom stereocenters. The molecule has 0 amide bonds. The summed E-state index contributed by atoms with van der Waals surface area (Å²) in [5, 5.41) is 9.07. The highest BCUT2D eigenvalue weighted by molar-refractivity contribution is 5.80. The minimum atomic E-state index is 0.280. The number of phenolic OH excluding ortho intramolecular Hbond substituents is 1. The quantitative estimate of drug-likeness (QED) is 0.706. The molecule has 0 saturated heterocycles. The summed E-state index contributed by atoms with van der Waals surface area (Å²) in [6.07, 6.45) is 8.90. The van der Waals surface area contributed by atoms with Gasteiger partial charge in [-0.05, 0) is 42.3 Å². The Balaban J connectivity index is 2.10. The average Bonchev–Trinajstić information content (AvgIpc) is 2.70. The second-order valence-electron chi connectivity index (χ2n) is 3.12. The molecular formula is C12H11NO. The highest BCUT2D eigenvalue weighted by Gasteiger charge is 1.93.